The number of rotatable bonds is 1. The van der Waals surface area contributed by atoms with Gasteiger partial charge in [-0.05, 0) is 18.2 Å². The van der Waals surface area contributed by atoms with Crippen molar-refractivity contribution in [3.63, 3.8) is 0 Å². The number of pyridine rings is 1. The van der Waals surface area contributed by atoms with E-state index in [-0.39, 0.29) is 0 Å². The molecule has 0 atom stereocenters. The molecule has 2 aromatic heterocycles. The van der Waals surface area contributed by atoms with Crippen molar-refractivity contribution in [3.05, 3.63) is 42.4 Å². The summed E-state index contributed by atoms with van der Waals surface area (Å²) in [6.07, 6.45) is -1.70. The molecule has 3 nitrogen and oxygen atoms in total. The van der Waals surface area contributed by atoms with Gasteiger partial charge >= 0.3 is 6.18 Å². The molecule has 78 valence electrons. The second-order valence-corrected chi connectivity index (χ2v) is 2.83. The second kappa shape index (κ2) is 3.38. The first-order chi connectivity index (χ1) is 7.07. The lowest BCUT2D eigenvalue weighted by atomic mass is 10.4. The van der Waals surface area contributed by atoms with Crippen molar-refractivity contribution in [1.82, 2.24) is 14.8 Å². The van der Waals surface area contributed by atoms with Gasteiger partial charge in [0.2, 0.25) is 0 Å². The summed E-state index contributed by atoms with van der Waals surface area (Å²) in [5, 5.41) is 3.38. The Morgan fingerprint density at radius 2 is 1.93 bits per heavy atom. The van der Waals surface area contributed by atoms with Crippen molar-refractivity contribution in [3.8, 4) is 5.82 Å². The highest BCUT2D eigenvalue weighted by Crippen LogP contribution is 2.27. The third kappa shape index (κ3) is 1.98. The van der Waals surface area contributed by atoms with Crippen LogP contribution >= 0.6 is 0 Å². The molecule has 0 aliphatic carbocycles. The van der Waals surface area contributed by atoms with Crippen LogP contribution in [0.4, 0.5) is 13.2 Å². The number of aromatic nitrogens is 3. The van der Waals surface area contributed by atoms with E-state index in [0.29, 0.717) is 5.82 Å². The van der Waals surface area contributed by atoms with Crippen LogP contribution in [0.3, 0.4) is 0 Å². The molecule has 0 saturated carbocycles. The number of hydrogen-bond acceptors (Lipinski definition) is 2. The Bertz CT molecular complexity index is 447. The molecule has 15 heavy (non-hydrogen) atoms. The Morgan fingerprint density at radius 1 is 1.13 bits per heavy atom. The van der Waals surface area contributed by atoms with Crippen LogP contribution in [0.1, 0.15) is 5.69 Å². The van der Waals surface area contributed by atoms with E-state index in [1.165, 1.54) is 12.4 Å². The molecule has 0 bridgehead atoms. The number of halogens is 3. The number of hydrogen-bond donors (Lipinski definition) is 0. The van der Waals surface area contributed by atoms with Crippen LogP contribution in [-0.4, -0.2) is 14.8 Å². The second-order valence-electron chi connectivity index (χ2n) is 2.83. The molecule has 0 aliphatic rings. The highest BCUT2D eigenvalue weighted by atomic mass is 19.4. The minimum Gasteiger partial charge on any atom is -0.237 e. The highest BCUT2D eigenvalue weighted by Gasteiger charge is 2.33. The largest absolute Gasteiger partial charge is 0.435 e. The van der Waals surface area contributed by atoms with Crippen LogP contribution in [0.15, 0.2) is 36.7 Å². The van der Waals surface area contributed by atoms with Crippen molar-refractivity contribution in [2.75, 3.05) is 0 Å². The van der Waals surface area contributed by atoms with E-state index in [0.717, 1.165) is 10.7 Å². The normalized spacial score (nSPS) is 11.7. The maximum absolute atomic E-state index is 12.2. The van der Waals surface area contributed by atoms with Crippen LogP contribution in [0.25, 0.3) is 5.82 Å². The average Bonchev–Trinajstić information content (AvgIpc) is 2.67. The first kappa shape index (κ1) is 9.70. The van der Waals surface area contributed by atoms with E-state index in [9.17, 15) is 13.2 Å². The van der Waals surface area contributed by atoms with E-state index >= 15 is 0 Å². The summed E-state index contributed by atoms with van der Waals surface area (Å²) >= 11 is 0. The van der Waals surface area contributed by atoms with Gasteiger partial charge in [0.1, 0.15) is 0 Å². The molecule has 6 heteroatoms. The summed E-state index contributed by atoms with van der Waals surface area (Å²) in [6, 6.07) is 5.84. The number of nitrogens with zero attached hydrogens (tertiary/aromatic N) is 3. The third-order valence-electron chi connectivity index (χ3n) is 1.76. The van der Waals surface area contributed by atoms with Gasteiger partial charge in [-0.15, -0.1) is 0 Å². The van der Waals surface area contributed by atoms with Crippen LogP contribution < -0.4 is 0 Å². The van der Waals surface area contributed by atoms with E-state index in [1.807, 2.05) is 0 Å². The van der Waals surface area contributed by atoms with Gasteiger partial charge in [0.15, 0.2) is 11.5 Å². The van der Waals surface area contributed by atoms with Gasteiger partial charge in [0.25, 0.3) is 0 Å². The summed E-state index contributed by atoms with van der Waals surface area (Å²) in [7, 11) is 0. The summed E-state index contributed by atoms with van der Waals surface area (Å²) < 4.78 is 37.7. The molecule has 0 N–H and O–H groups in total. The van der Waals surface area contributed by atoms with Gasteiger partial charge in [-0.2, -0.15) is 18.3 Å². The summed E-state index contributed by atoms with van der Waals surface area (Å²) in [6.45, 7) is 0. The predicted molar refractivity (Wildman–Crippen MR) is 46.4 cm³/mol. The van der Waals surface area contributed by atoms with Crippen LogP contribution in [0, 0.1) is 0 Å². The van der Waals surface area contributed by atoms with Gasteiger partial charge < -0.3 is 0 Å². The molecular formula is C9H6F3N3. The standard InChI is InChI=1S/C9H6F3N3/c10-9(11,12)7-4-6-15(14-7)8-3-1-2-5-13-8/h1-6H. The lowest BCUT2D eigenvalue weighted by Crippen LogP contribution is -2.07. The molecule has 0 spiro atoms. The minimum atomic E-state index is -4.42. The lowest BCUT2D eigenvalue weighted by Gasteiger charge is -2.01. The highest BCUT2D eigenvalue weighted by molar-refractivity contribution is 5.21. The third-order valence-corrected chi connectivity index (χ3v) is 1.76. The predicted octanol–water partition coefficient (Wildman–Crippen LogP) is 2.29. The van der Waals surface area contributed by atoms with Crippen LogP contribution in [-0.2, 0) is 6.18 Å². The molecule has 2 rings (SSSR count). The van der Waals surface area contributed by atoms with Crippen molar-refractivity contribution in [1.29, 1.82) is 0 Å². The van der Waals surface area contributed by atoms with E-state index in [4.69, 9.17) is 0 Å². The monoisotopic (exact) mass is 213 g/mol. The molecule has 0 aromatic carbocycles. The van der Waals surface area contributed by atoms with Gasteiger partial charge in [0, 0.05) is 12.4 Å². The zero-order valence-electron chi connectivity index (χ0n) is 7.44. The molecule has 0 saturated heterocycles. The Morgan fingerprint density at radius 3 is 2.47 bits per heavy atom. The first-order valence-electron chi connectivity index (χ1n) is 4.11. The van der Waals surface area contributed by atoms with Gasteiger partial charge in [-0.1, -0.05) is 6.07 Å². The molecule has 0 unspecified atom stereocenters. The van der Waals surface area contributed by atoms with Crippen molar-refractivity contribution >= 4 is 0 Å². The topological polar surface area (TPSA) is 30.7 Å². The van der Waals surface area contributed by atoms with Crippen molar-refractivity contribution < 1.29 is 13.2 Å². The molecule has 0 radical (unpaired) electrons. The summed E-state index contributed by atoms with van der Waals surface area (Å²) in [5.41, 5.74) is -0.923. The smallest absolute Gasteiger partial charge is 0.237 e. The first-order valence-corrected chi connectivity index (χ1v) is 4.11. The molecule has 0 amide bonds. The maximum atomic E-state index is 12.2. The average molecular weight is 213 g/mol. The summed E-state index contributed by atoms with van der Waals surface area (Å²) in [5.74, 6) is 0.355. The fourth-order valence-corrected chi connectivity index (χ4v) is 1.09. The van der Waals surface area contributed by atoms with Gasteiger partial charge in [0.05, 0.1) is 0 Å². The van der Waals surface area contributed by atoms with Gasteiger partial charge in [-0.25, -0.2) is 9.67 Å². The molecular weight excluding hydrogens is 207 g/mol. The zero-order valence-corrected chi connectivity index (χ0v) is 7.44. The fourth-order valence-electron chi connectivity index (χ4n) is 1.09. The van der Waals surface area contributed by atoms with Gasteiger partial charge in [-0.3, -0.25) is 0 Å². The molecule has 2 heterocycles. The Labute approximate surface area is 83.2 Å². The molecule has 0 aliphatic heterocycles. The lowest BCUT2D eigenvalue weighted by molar-refractivity contribution is -0.141. The van der Waals surface area contributed by atoms with E-state index in [1.54, 1.807) is 18.2 Å². The van der Waals surface area contributed by atoms with E-state index < -0.39 is 11.9 Å². The van der Waals surface area contributed by atoms with E-state index in [2.05, 4.69) is 10.1 Å². The Balaban J connectivity index is 2.37. The van der Waals surface area contributed by atoms with Crippen molar-refractivity contribution in [2.45, 2.75) is 6.18 Å². The van der Waals surface area contributed by atoms with Crippen LogP contribution in [0.2, 0.25) is 0 Å². The fraction of sp³-hybridized carbons (Fsp3) is 0.111. The zero-order chi connectivity index (χ0) is 10.9. The Kier molecular flexibility index (Phi) is 2.18. The summed E-state index contributed by atoms with van der Waals surface area (Å²) in [4.78, 5) is 3.88. The molecule has 0 fully saturated rings. The maximum Gasteiger partial charge on any atom is 0.435 e. The van der Waals surface area contributed by atoms with Crippen LogP contribution in [0.5, 0.6) is 0 Å². The van der Waals surface area contributed by atoms with Crippen molar-refractivity contribution in [2.24, 2.45) is 0 Å². The quantitative estimate of drug-likeness (QED) is 0.727. The Hall–Kier alpha value is -1.85. The molecule has 2 aromatic rings. The SMILES string of the molecule is FC(F)(F)c1ccn(-c2ccccn2)n1. The number of alkyl halides is 3. The minimum absolute atomic E-state index is 0.355.